The Balaban J connectivity index is 1.46. The molecule has 1 aliphatic heterocycles. The lowest BCUT2D eigenvalue weighted by Crippen LogP contribution is -1.99. The highest BCUT2D eigenvalue weighted by Crippen LogP contribution is 2.35. The molecule has 4 rings (SSSR count). The third-order valence-electron chi connectivity index (χ3n) is 4.60. The van der Waals surface area contributed by atoms with Gasteiger partial charge < -0.3 is 14.2 Å². The Kier molecular flexibility index (Phi) is 5.95. The van der Waals surface area contributed by atoms with Crippen LogP contribution in [0.2, 0.25) is 0 Å². The van der Waals surface area contributed by atoms with E-state index >= 15 is 0 Å². The number of ether oxygens (including phenoxy) is 3. The van der Waals surface area contributed by atoms with Crippen LogP contribution in [0.25, 0.3) is 12.2 Å². The molecule has 0 aromatic heterocycles. The number of ketones is 1. The van der Waals surface area contributed by atoms with Crippen molar-refractivity contribution in [2.75, 3.05) is 13.2 Å². The molecule has 3 aromatic rings. The van der Waals surface area contributed by atoms with E-state index in [0.29, 0.717) is 36.0 Å². The van der Waals surface area contributed by atoms with Crippen LogP contribution in [-0.4, -0.2) is 19.0 Å². The maximum Gasteiger partial charge on any atom is 0.231 e. The molecule has 0 fully saturated rings. The van der Waals surface area contributed by atoms with Gasteiger partial charge in [-0.1, -0.05) is 54.6 Å². The molecule has 0 saturated heterocycles. The standard InChI is InChI=1S/C26H22O4/c1-2-28-23-13-7-6-12-20(23)17-25-26(27)22-15-14-21(18-24(22)30-25)29-16-8-11-19-9-4-3-5-10-19/h3-15,17-18H,2,16H2,1H3. The number of allylic oxidation sites excluding steroid dienone is 1. The van der Waals surface area contributed by atoms with Gasteiger partial charge in [0.2, 0.25) is 5.78 Å². The normalized spacial score (nSPS) is 14.0. The maximum atomic E-state index is 12.7. The van der Waals surface area contributed by atoms with Crippen molar-refractivity contribution in [2.24, 2.45) is 0 Å². The Hall–Kier alpha value is -3.79. The van der Waals surface area contributed by atoms with Gasteiger partial charge in [0.1, 0.15) is 23.9 Å². The molecule has 1 aliphatic rings. The van der Waals surface area contributed by atoms with E-state index in [9.17, 15) is 4.79 Å². The highest BCUT2D eigenvalue weighted by Gasteiger charge is 2.28. The van der Waals surface area contributed by atoms with E-state index < -0.39 is 0 Å². The van der Waals surface area contributed by atoms with Crippen molar-refractivity contribution < 1.29 is 19.0 Å². The molecular formula is C26H22O4. The summed E-state index contributed by atoms with van der Waals surface area (Å²) in [5.74, 6) is 2.00. The fourth-order valence-corrected chi connectivity index (χ4v) is 3.18. The average Bonchev–Trinajstić information content (AvgIpc) is 3.08. The van der Waals surface area contributed by atoms with Crippen LogP contribution in [0.1, 0.15) is 28.4 Å². The minimum absolute atomic E-state index is 0.146. The summed E-state index contributed by atoms with van der Waals surface area (Å²) in [7, 11) is 0. The molecule has 0 radical (unpaired) electrons. The van der Waals surface area contributed by atoms with Crippen LogP contribution in [0.3, 0.4) is 0 Å². The monoisotopic (exact) mass is 398 g/mol. The van der Waals surface area contributed by atoms with Gasteiger partial charge in [-0.3, -0.25) is 4.79 Å². The number of hydrogen-bond donors (Lipinski definition) is 0. The summed E-state index contributed by atoms with van der Waals surface area (Å²) in [4.78, 5) is 12.7. The second-order valence-electron chi connectivity index (χ2n) is 6.69. The Labute approximate surface area is 176 Å². The van der Waals surface area contributed by atoms with Crippen LogP contribution in [0.15, 0.2) is 84.6 Å². The molecule has 0 unspecified atom stereocenters. The second kappa shape index (κ2) is 9.14. The van der Waals surface area contributed by atoms with Gasteiger partial charge in [0.15, 0.2) is 5.76 Å². The summed E-state index contributed by atoms with van der Waals surface area (Å²) in [6.45, 7) is 2.90. The summed E-state index contributed by atoms with van der Waals surface area (Å²) >= 11 is 0. The van der Waals surface area contributed by atoms with Crippen molar-refractivity contribution in [3.8, 4) is 17.2 Å². The number of hydrogen-bond acceptors (Lipinski definition) is 4. The van der Waals surface area contributed by atoms with Crippen molar-refractivity contribution in [3.63, 3.8) is 0 Å². The molecule has 150 valence electrons. The molecule has 0 bridgehead atoms. The fraction of sp³-hybridized carbons (Fsp3) is 0.115. The Morgan fingerprint density at radius 2 is 1.73 bits per heavy atom. The molecule has 0 spiro atoms. The zero-order valence-corrected chi connectivity index (χ0v) is 16.7. The lowest BCUT2D eigenvalue weighted by atomic mass is 10.1. The second-order valence-corrected chi connectivity index (χ2v) is 6.69. The van der Waals surface area contributed by atoms with Crippen molar-refractivity contribution >= 4 is 17.9 Å². The van der Waals surface area contributed by atoms with Crippen LogP contribution in [0.5, 0.6) is 17.2 Å². The van der Waals surface area contributed by atoms with Crippen LogP contribution < -0.4 is 14.2 Å². The van der Waals surface area contributed by atoms with Gasteiger partial charge in [-0.2, -0.15) is 0 Å². The highest BCUT2D eigenvalue weighted by molar-refractivity contribution is 6.14. The van der Waals surface area contributed by atoms with Crippen molar-refractivity contribution in [2.45, 2.75) is 6.92 Å². The number of carbonyl (C=O) groups excluding carboxylic acids is 1. The zero-order chi connectivity index (χ0) is 20.8. The minimum Gasteiger partial charge on any atom is -0.493 e. The topological polar surface area (TPSA) is 44.8 Å². The summed E-state index contributed by atoms with van der Waals surface area (Å²) in [6, 6.07) is 22.9. The van der Waals surface area contributed by atoms with Crippen molar-refractivity contribution in [1.82, 2.24) is 0 Å². The number of para-hydroxylation sites is 1. The van der Waals surface area contributed by atoms with E-state index in [1.54, 1.807) is 24.3 Å². The van der Waals surface area contributed by atoms with Crippen molar-refractivity contribution in [1.29, 1.82) is 0 Å². The Morgan fingerprint density at radius 3 is 2.57 bits per heavy atom. The van der Waals surface area contributed by atoms with Gasteiger partial charge in [-0.25, -0.2) is 0 Å². The molecule has 4 nitrogen and oxygen atoms in total. The molecule has 30 heavy (non-hydrogen) atoms. The molecule has 0 amide bonds. The van der Waals surface area contributed by atoms with E-state index in [1.807, 2.05) is 73.7 Å². The Bertz CT molecular complexity index is 1100. The molecule has 3 aromatic carbocycles. The molecule has 0 N–H and O–H groups in total. The lowest BCUT2D eigenvalue weighted by molar-refractivity contribution is 0.101. The lowest BCUT2D eigenvalue weighted by Gasteiger charge is -2.07. The average molecular weight is 398 g/mol. The number of Topliss-reactive ketones (excluding diaryl/α,β-unsaturated/α-hetero) is 1. The number of benzene rings is 3. The van der Waals surface area contributed by atoms with Gasteiger partial charge in [-0.05, 0) is 42.8 Å². The van der Waals surface area contributed by atoms with E-state index in [1.165, 1.54) is 0 Å². The third kappa shape index (κ3) is 4.44. The molecule has 0 atom stereocenters. The molecule has 0 aliphatic carbocycles. The minimum atomic E-state index is -0.146. The predicted molar refractivity (Wildman–Crippen MR) is 118 cm³/mol. The third-order valence-corrected chi connectivity index (χ3v) is 4.60. The van der Waals surface area contributed by atoms with E-state index in [-0.39, 0.29) is 11.5 Å². The van der Waals surface area contributed by atoms with Gasteiger partial charge in [-0.15, -0.1) is 0 Å². The first-order valence-electron chi connectivity index (χ1n) is 9.89. The summed E-state index contributed by atoms with van der Waals surface area (Å²) in [5, 5.41) is 0. The quantitative estimate of drug-likeness (QED) is 0.472. The van der Waals surface area contributed by atoms with Crippen LogP contribution in [0.4, 0.5) is 0 Å². The van der Waals surface area contributed by atoms with Gasteiger partial charge in [0, 0.05) is 11.6 Å². The summed E-state index contributed by atoms with van der Waals surface area (Å²) < 4.78 is 17.2. The van der Waals surface area contributed by atoms with Crippen LogP contribution in [-0.2, 0) is 0 Å². The first kappa shape index (κ1) is 19.5. The largest absolute Gasteiger partial charge is 0.493 e. The number of carbonyl (C=O) groups is 1. The van der Waals surface area contributed by atoms with Gasteiger partial charge in [0.05, 0.1) is 12.2 Å². The smallest absolute Gasteiger partial charge is 0.231 e. The first-order valence-corrected chi connectivity index (χ1v) is 9.89. The molecular weight excluding hydrogens is 376 g/mol. The van der Waals surface area contributed by atoms with Gasteiger partial charge >= 0.3 is 0 Å². The Morgan fingerprint density at radius 1 is 0.933 bits per heavy atom. The maximum absolute atomic E-state index is 12.7. The number of fused-ring (bicyclic) bond motifs is 1. The summed E-state index contributed by atoms with van der Waals surface area (Å²) in [5.41, 5.74) is 2.45. The zero-order valence-electron chi connectivity index (χ0n) is 16.7. The number of rotatable bonds is 7. The summed E-state index contributed by atoms with van der Waals surface area (Å²) in [6.07, 6.45) is 5.67. The fourth-order valence-electron chi connectivity index (χ4n) is 3.18. The van der Waals surface area contributed by atoms with Crippen LogP contribution in [0, 0.1) is 0 Å². The van der Waals surface area contributed by atoms with Crippen LogP contribution >= 0.6 is 0 Å². The van der Waals surface area contributed by atoms with E-state index in [4.69, 9.17) is 14.2 Å². The van der Waals surface area contributed by atoms with E-state index in [2.05, 4.69) is 0 Å². The van der Waals surface area contributed by atoms with E-state index in [0.717, 1.165) is 11.1 Å². The molecule has 1 heterocycles. The van der Waals surface area contributed by atoms with Gasteiger partial charge in [0.25, 0.3) is 0 Å². The first-order chi connectivity index (χ1) is 14.7. The van der Waals surface area contributed by atoms with Crippen molar-refractivity contribution in [3.05, 3.63) is 101 Å². The molecule has 0 saturated carbocycles. The predicted octanol–water partition coefficient (Wildman–Crippen LogP) is 5.79. The SMILES string of the molecule is CCOc1ccccc1C=C1Oc2cc(OCC=Cc3ccccc3)ccc2C1=O. The molecule has 4 heteroatoms. The highest BCUT2D eigenvalue weighted by atomic mass is 16.5.